The highest BCUT2D eigenvalue weighted by atomic mass is 35.5. The summed E-state index contributed by atoms with van der Waals surface area (Å²) in [6.07, 6.45) is 1.15. The number of ether oxygens (including phenoxy) is 2. The molecular formula is C25H25ClFN3O4S. The van der Waals surface area contributed by atoms with Crippen LogP contribution in [0.3, 0.4) is 0 Å². The third-order valence-electron chi connectivity index (χ3n) is 5.76. The molecule has 2 amide bonds. The van der Waals surface area contributed by atoms with Crippen molar-refractivity contribution in [3.63, 3.8) is 0 Å². The van der Waals surface area contributed by atoms with E-state index >= 15 is 0 Å². The summed E-state index contributed by atoms with van der Waals surface area (Å²) in [5.41, 5.74) is 2.07. The molecule has 7 nitrogen and oxygen atoms in total. The predicted molar refractivity (Wildman–Crippen MR) is 134 cm³/mol. The third kappa shape index (κ3) is 6.36. The predicted octanol–water partition coefficient (Wildman–Crippen LogP) is 5.82. The first-order chi connectivity index (χ1) is 16.9. The second kappa shape index (κ2) is 11.6. The Kier molecular flexibility index (Phi) is 8.33. The highest BCUT2D eigenvalue weighted by Gasteiger charge is 2.27. The van der Waals surface area contributed by atoms with E-state index in [1.165, 1.54) is 29.5 Å². The minimum Gasteiger partial charge on any atom is -0.447 e. The number of thiazole rings is 1. The van der Waals surface area contributed by atoms with Gasteiger partial charge in [-0.1, -0.05) is 23.7 Å². The molecule has 0 atom stereocenters. The van der Waals surface area contributed by atoms with Crippen molar-refractivity contribution in [3.05, 3.63) is 69.4 Å². The van der Waals surface area contributed by atoms with Crippen LogP contribution in [0.4, 0.5) is 14.9 Å². The van der Waals surface area contributed by atoms with E-state index in [1.54, 1.807) is 41.7 Å². The summed E-state index contributed by atoms with van der Waals surface area (Å²) in [6, 6.07) is 11.2. The molecular weight excluding hydrogens is 493 g/mol. The summed E-state index contributed by atoms with van der Waals surface area (Å²) in [6.45, 7) is 1.73. The Hall–Kier alpha value is -3.01. The monoisotopic (exact) mass is 517 g/mol. The molecule has 2 aromatic carbocycles. The molecule has 10 heteroatoms. The quantitative estimate of drug-likeness (QED) is 0.399. The number of hydrogen-bond donors (Lipinski definition) is 1. The molecule has 0 spiro atoms. The molecule has 0 aliphatic carbocycles. The van der Waals surface area contributed by atoms with Crippen molar-refractivity contribution >= 4 is 40.6 Å². The van der Waals surface area contributed by atoms with Gasteiger partial charge in [0.05, 0.1) is 11.6 Å². The lowest BCUT2D eigenvalue weighted by molar-refractivity contribution is 0.0659. The first kappa shape index (κ1) is 25.1. The molecule has 1 aromatic heterocycles. The number of carbonyl (C=O) groups is 2. The van der Waals surface area contributed by atoms with E-state index in [0.29, 0.717) is 41.7 Å². The van der Waals surface area contributed by atoms with Crippen LogP contribution >= 0.6 is 22.9 Å². The first-order valence-electron chi connectivity index (χ1n) is 11.2. The molecule has 2 heterocycles. The summed E-state index contributed by atoms with van der Waals surface area (Å²) in [5, 5.41) is 6.01. The van der Waals surface area contributed by atoms with Crippen LogP contribution in [-0.4, -0.2) is 55.3 Å². The molecule has 1 N–H and O–H groups in total. The van der Waals surface area contributed by atoms with Gasteiger partial charge in [-0.2, -0.15) is 0 Å². The van der Waals surface area contributed by atoms with E-state index in [9.17, 15) is 14.0 Å². The van der Waals surface area contributed by atoms with Gasteiger partial charge in [0.15, 0.2) is 0 Å². The number of piperidine rings is 1. The second-order valence-electron chi connectivity index (χ2n) is 8.09. The Bertz CT molecular complexity index is 1180. The van der Waals surface area contributed by atoms with Gasteiger partial charge in [-0.15, -0.1) is 11.3 Å². The van der Waals surface area contributed by atoms with Gasteiger partial charge in [-0.05, 0) is 48.7 Å². The van der Waals surface area contributed by atoms with E-state index < -0.39 is 5.82 Å². The van der Waals surface area contributed by atoms with Gasteiger partial charge < -0.3 is 19.7 Å². The average molecular weight is 518 g/mol. The minimum atomic E-state index is -0.405. The minimum absolute atomic E-state index is 0.167. The van der Waals surface area contributed by atoms with Crippen LogP contribution < -0.4 is 5.32 Å². The van der Waals surface area contributed by atoms with Crippen LogP contribution in [0.5, 0.6) is 0 Å². The largest absolute Gasteiger partial charge is 0.447 e. The van der Waals surface area contributed by atoms with E-state index in [0.717, 1.165) is 23.4 Å². The maximum Gasteiger partial charge on any atom is 0.409 e. The van der Waals surface area contributed by atoms with Gasteiger partial charge in [0, 0.05) is 47.8 Å². The molecule has 3 aromatic rings. The number of halogens is 2. The van der Waals surface area contributed by atoms with Gasteiger partial charge in [0.2, 0.25) is 0 Å². The second-order valence-corrected chi connectivity index (χ2v) is 9.42. The summed E-state index contributed by atoms with van der Waals surface area (Å²) < 4.78 is 24.0. The number of amides is 2. The average Bonchev–Trinajstić information content (AvgIpc) is 3.36. The zero-order valence-electron chi connectivity index (χ0n) is 19.1. The lowest BCUT2D eigenvalue weighted by Gasteiger charge is -2.30. The number of likely N-dealkylation sites (tertiary alicyclic amines) is 1. The molecule has 1 fully saturated rings. The van der Waals surface area contributed by atoms with Gasteiger partial charge in [0.1, 0.15) is 18.1 Å². The normalized spacial score (nSPS) is 14.1. The number of anilines is 1. The Labute approximate surface area is 211 Å². The molecule has 1 aliphatic rings. The van der Waals surface area contributed by atoms with Crippen molar-refractivity contribution in [1.82, 2.24) is 9.88 Å². The van der Waals surface area contributed by atoms with Crippen LogP contribution in [-0.2, 0) is 9.47 Å². The fourth-order valence-electron chi connectivity index (χ4n) is 3.87. The molecule has 0 bridgehead atoms. The standard InChI is InChI=1S/C25H25ClFN3O4S/c1-33-12-13-34-25(32)30-10-8-17(9-11-30)24-29-22(15-35-24)23(31)28-21-7-6-19(27)14-20(21)16-2-4-18(26)5-3-16/h2-7,14-15,17H,8-13H2,1H3,(H,28,31). The maximum absolute atomic E-state index is 13.9. The fourth-order valence-corrected chi connectivity index (χ4v) is 4.97. The van der Waals surface area contributed by atoms with Crippen molar-refractivity contribution in [3.8, 4) is 11.1 Å². The van der Waals surface area contributed by atoms with E-state index in [-0.39, 0.29) is 24.5 Å². The van der Waals surface area contributed by atoms with Crippen LogP contribution in [0.2, 0.25) is 5.02 Å². The number of benzene rings is 2. The number of aromatic nitrogens is 1. The maximum atomic E-state index is 13.9. The van der Waals surface area contributed by atoms with Crippen LogP contribution in [0, 0.1) is 5.82 Å². The molecule has 184 valence electrons. The van der Waals surface area contributed by atoms with Crippen molar-refractivity contribution in [2.75, 3.05) is 38.7 Å². The van der Waals surface area contributed by atoms with Crippen molar-refractivity contribution in [2.45, 2.75) is 18.8 Å². The number of methoxy groups -OCH3 is 1. The summed E-state index contributed by atoms with van der Waals surface area (Å²) >= 11 is 7.40. The fraction of sp³-hybridized carbons (Fsp3) is 0.320. The van der Waals surface area contributed by atoms with Gasteiger partial charge in [-0.3, -0.25) is 4.79 Å². The number of nitrogens with zero attached hydrogens (tertiary/aromatic N) is 2. The molecule has 0 saturated carbocycles. The topological polar surface area (TPSA) is 80.8 Å². The Balaban J connectivity index is 1.39. The summed E-state index contributed by atoms with van der Waals surface area (Å²) in [7, 11) is 1.56. The molecule has 4 rings (SSSR count). The van der Waals surface area contributed by atoms with Gasteiger partial charge >= 0.3 is 6.09 Å². The number of rotatable bonds is 7. The smallest absolute Gasteiger partial charge is 0.409 e. The highest BCUT2D eigenvalue weighted by Crippen LogP contribution is 2.32. The SMILES string of the molecule is COCCOC(=O)N1CCC(c2nc(C(=O)Nc3ccc(F)cc3-c3ccc(Cl)cc3)cs2)CC1. The summed E-state index contributed by atoms with van der Waals surface area (Å²) in [4.78, 5) is 31.3. The van der Waals surface area contributed by atoms with Gasteiger partial charge in [0.25, 0.3) is 5.91 Å². The molecule has 35 heavy (non-hydrogen) atoms. The lowest BCUT2D eigenvalue weighted by Crippen LogP contribution is -2.38. The van der Waals surface area contributed by atoms with Crippen LogP contribution in [0.15, 0.2) is 47.8 Å². The van der Waals surface area contributed by atoms with E-state index in [4.69, 9.17) is 21.1 Å². The van der Waals surface area contributed by atoms with Crippen LogP contribution in [0.25, 0.3) is 11.1 Å². The number of nitrogens with one attached hydrogen (secondary N) is 1. The molecule has 1 saturated heterocycles. The number of carbonyl (C=O) groups excluding carboxylic acids is 2. The van der Waals surface area contributed by atoms with Crippen LogP contribution in [0.1, 0.15) is 34.3 Å². The lowest BCUT2D eigenvalue weighted by atomic mass is 9.98. The molecule has 0 unspecified atom stereocenters. The zero-order valence-corrected chi connectivity index (χ0v) is 20.7. The Morgan fingerprint density at radius 1 is 1.17 bits per heavy atom. The third-order valence-corrected chi connectivity index (χ3v) is 7.01. The Morgan fingerprint density at radius 3 is 2.63 bits per heavy atom. The van der Waals surface area contributed by atoms with E-state index in [2.05, 4.69) is 10.3 Å². The molecule has 0 radical (unpaired) electrons. The highest BCUT2D eigenvalue weighted by molar-refractivity contribution is 7.10. The zero-order chi connectivity index (χ0) is 24.8. The van der Waals surface area contributed by atoms with Crippen molar-refractivity contribution in [2.24, 2.45) is 0 Å². The van der Waals surface area contributed by atoms with Crippen molar-refractivity contribution < 1.29 is 23.5 Å². The summed E-state index contributed by atoms with van der Waals surface area (Å²) in [5.74, 6) is -0.605. The van der Waals surface area contributed by atoms with Gasteiger partial charge in [-0.25, -0.2) is 14.2 Å². The first-order valence-corrected chi connectivity index (χ1v) is 12.4. The van der Waals surface area contributed by atoms with E-state index in [1.807, 2.05) is 0 Å². The van der Waals surface area contributed by atoms with Crippen molar-refractivity contribution in [1.29, 1.82) is 0 Å². The number of hydrogen-bond acceptors (Lipinski definition) is 6. The molecule has 1 aliphatic heterocycles. The Morgan fingerprint density at radius 2 is 1.91 bits per heavy atom.